The Morgan fingerprint density at radius 2 is 1.94 bits per heavy atom. The van der Waals surface area contributed by atoms with Crippen molar-refractivity contribution in [2.24, 2.45) is 0 Å². The fraction of sp³-hybridized carbons (Fsp3) is 0.143. The van der Waals surface area contributed by atoms with Gasteiger partial charge in [0.1, 0.15) is 0 Å². The van der Waals surface area contributed by atoms with E-state index in [-0.39, 0.29) is 0 Å². The molecule has 0 N–H and O–H groups in total. The standard InChI is InChI=1S/C14H14N2/c1-15-10-13-8-5-9-14(16(13)11-15)12-6-3-2-4-7-12/h2-10H,11H2,1H3. The lowest BCUT2D eigenvalue weighted by atomic mass is 10.1. The third-order valence-corrected chi connectivity index (χ3v) is 2.91. The Morgan fingerprint density at radius 3 is 2.75 bits per heavy atom. The van der Waals surface area contributed by atoms with Crippen molar-refractivity contribution in [3.63, 3.8) is 0 Å². The molecule has 0 unspecified atom stereocenters. The summed E-state index contributed by atoms with van der Waals surface area (Å²) in [5.41, 5.74) is 3.82. The fourth-order valence-corrected chi connectivity index (χ4v) is 2.18. The highest BCUT2D eigenvalue weighted by Gasteiger charge is 2.22. The lowest BCUT2D eigenvalue weighted by molar-refractivity contribution is 0.368. The van der Waals surface area contributed by atoms with Gasteiger partial charge in [-0.25, -0.2) is 0 Å². The Kier molecular flexibility index (Phi) is 2.07. The van der Waals surface area contributed by atoms with Crippen molar-refractivity contribution in [3.8, 4) is 0 Å². The first-order chi connectivity index (χ1) is 7.84. The Hall–Kier alpha value is -1.96. The first kappa shape index (κ1) is 9.28. The summed E-state index contributed by atoms with van der Waals surface area (Å²) in [6.45, 7) is 0.931. The topological polar surface area (TPSA) is 6.48 Å². The minimum Gasteiger partial charge on any atom is -0.361 e. The summed E-state index contributed by atoms with van der Waals surface area (Å²) in [5.74, 6) is 0. The predicted octanol–water partition coefficient (Wildman–Crippen LogP) is 2.64. The van der Waals surface area contributed by atoms with Gasteiger partial charge >= 0.3 is 0 Å². The van der Waals surface area contributed by atoms with Gasteiger partial charge in [-0.3, -0.25) is 0 Å². The molecule has 0 bridgehead atoms. The molecule has 0 amide bonds. The van der Waals surface area contributed by atoms with Gasteiger partial charge in [-0.1, -0.05) is 36.4 Å². The minimum absolute atomic E-state index is 0.931. The molecule has 1 aromatic rings. The van der Waals surface area contributed by atoms with Crippen LogP contribution in [-0.2, 0) is 0 Å². The molecular formula is C14H14N2. The van der Waals surface area contributed by atoms with Crippen LogP contribution >= 0.6 is 0 Å². The van der Waals surface area contributed by atoms with E-state index in [0.29, 0.717) is 0 Å². The maximum Gasteiger partial charge on any atom is 0.0945 e. The van der Waals surface area contributed by atoms with Gasteiger partial charge in [0.25, 0.3) is 0 Å². The van der Waals surface area contributed by atoms with Gasteiger partial charge in [0.05, 0.1) is 18.1 Å². The Labute approximate surface area is 95.8 Å². The number of benzene rings is 1. The minimum atomic E-state index is 0.931. The van der Waals surface area contributed by atoms with Crippen LogP contribution < -0.4 is 0 Å². The zero-order valence-electron chi connectivity index (χ0n) is 9.30. The quantitative estimate of drug-likeness (QED) is 0.703. The first-order valence-corrected chi connectivity index (χ1v) is 5.48. The fourth-order valence-electron chi connectivity index (χ4n) is 2.18. The zero-order valence-corrected chi connectivity index (χ0v) is 9.30. The van der Waals surface area contributed by atoms with E-state index in [1.807, 2.05) is 0 Å². The highest BCUT2D eigenvalue weighted by molar-refractivity contribution is 5.70. The Balaban J connectivity index is 2.01. The highest BCUT2D eigenvalue weighted by Crippen LogP contribution is 2.30. The van der Waals surface area contributed by atoms with E-state index in [1.165, 1.54) is 17.0 Å². The Bertz CT molecular complexity index is 483. The maximum absolute atomic E-state index is 2.33. The average Bonchev–Trinajstić information content (AvgIpc) is 2.70. The van der Waals surface area contributed by atoms with Crippen LogP contribution in [0.25, 0.3) is 5.70 Å². The van der Waals surface area contributed by atoms with Gasteiger partial charge in [-0.05, 0) is 17.7 Å². The Morgan fingerprint density at radius 1 is 1.12 bits per heavy atom. The summed E-state index contributed by atoms with van der Waals surface area (Å²) in [5, 5.41) is 0. The smallest absolute Gasteiger partial charge is 0.0945 e. The van der Waals surface area contributed by atoms with Crippen molar-refractivity contribution in [2.45, 2.75) is 0 Å². The van der Waals surface area contributed by atoms with E-state index in [9.17, 15) is 0 Å². The third kappa shape index (κ3) is 1.43. The van der Waals surface area contributed by atoms with Gasteiger partial charge in [-0.15, -0.1) is 0 Å². The molecule has 2 nitrogen and oxygen atoms in total. The molecule has 0 radical (unpaired) electrons. The molecule has 0 saturated heterocycles. The summed E-state index contributed by atoms with van der Waals surface area (Å²) < 4.78 is 0. The number of hydrogen-bond acceptors (Lipinski definition) is 2. The van der Waals surface area contributed by atoms with Crippen molar-refractivity contribution in [2.75, 3.05) is 13.7 Å². The lowest BCUT2D eigenvalue weighted by Gasteiger charge is -2.26. The molecule has 2 heteroatoms. The van der Waals surface area contributed by atoms with Crippen LogP contribution in [0.2, 0.25) is 0 Å². The summed E-state index contributed by atoms with van der Waals surface area (Å²) in [6, 6.07) is 10.5. The van der Waals surface area contributed by atoms with Crippen molar-refractivity contribution in [3.05, 3.63) is 66.0 Å². The molecule has 2 heterocycles. The number of rotatable bonds is 1. The van der Waals surface area contributed by atoms with Gasteiger partial charge in [0.15, 0.2) is 0 Å². The molecule has 0 saturated carbocycles. The molecule has 0 atom stereocenters. The monoisotopic (exact) mass is 210 g/mol. The van der Waals surface area contributed by atoms with Crippen LogP contribution in [0.4, 0.5) is 0 Å². The number of hydrogen-bond donors (Lipinski definition) is 0. The number of nitrogens with zero attached hydrogens (tertiary/aromatic N) is 2. The number of allylic oxidation sites excluding steroid dienone is 3. The van der Waals surface area contributed by atoms with Crippen molar-refractivity contribution in [1.82, 2.24) is 9.80 Å². The molecule has 0 fully saturated rings. The maximum atomic E-state index is 2.33. The van der Waals surface area contributed by atoms with E-state index < -0.39 is 0 Å². The van der Waals surface area contributed by atoms with Gasteiger partial charge in [0.2, 0.25) is 0 Å². The molecular weight excluding hydrogens is 196 g/mol. The van der Waals surface area contributed by atoms with E-state index >= 15 is 0 Å². The normalized spacial score (nSPS) is 18.3. The van der Waals surface area contributed by atoms with Crippen LogP contribution in [-0.4, -0.2) is 23.5 Å². The molecule has 80 valence electrons. The highest BCUT2D eigenvalue weighted by atomic mass is 15.3. The SMILES string of the molecule is CN1C=C2C=CC=C(c3ccccc3)N2C1. The first-order valence-electron chi connectivity index (χ1n) is 5.48. The largest absolute Gasteiger partial charge is 0.361 e. The predicted molar refractivity (Wildman–Crippen MR) is 66.1 cm³/mol. The molecule has 0 aromatic heterocycles. The molecule has 1 aromatic carbocycles. The third-order valence-electron chi connectivity index (χ3n) is 2.91. The van der Waals surface area contributed by atoms with Crippen molar-refractivity contribution >= 4 is 5.70 Å². The molecule has 3 rings (SSSR count). The number of fused-ring (bicyclic) bond motifs is 1. The van der Waals surface area contributed by atoms with Crippen molar-refractivity contribution < 1.29 is 0 Å². The molecule has 16 heavy (non-hydrogen) atoms. The molecule has 0 spiro atoms. The van der Waals surface area contributed by atoms with E-state index in [2.05, 4.69) is 71.6 Å². The summed E-state index contributed by atoms with van der Waals surface area (Å²) in [7, 11) is 2.10. The van der Waals surface area contributed by atoms with E-state index in [1.54, 1.807) is 0 Å². The summed E-state index contributed by atoms with van der Waals surface area (Å²) in [4.78, 5) is 4.52. The van der Waals surface area contributed by atoms with Crippen LogP contribution in [0.1, 0.15) is 5.56 Å². The lowest BCUT2D eigenvalue weighted by Crippen LogP contribution is -2.24. The molecule has 0 aliphatic carbocycles. The summed E-state index contributed by atoms with van der Waals surface area (Å²) in [6.07, 6.45) is 8.61. The van der Waals surface area contributed by atoms with E-state index in [4.69, 9.17) is 0 Å². The van der Waals surface area contributed by atoms with Crippen LogP contribution in [0.3, 0.4) is 0 Å². The second kappa shape index (κ2) is 3.56. The molecule has 2 aliphatic heterocycles. The zero-order chi connectivity index (χ0) is 11.0. The van der Waals surface area contributed by atoms with Crippen molar-refractivity contribution in [1.29, 1.82) is 0 Å². The second-order valence-electron chi connectivity index (χ2n) is 4.16. The van der Waals surface area contributed by atoms with Gasteiger partial charge < -0.3 is 9.80 Å². The second-order valence-corrected chi connectivity index (χ2v) is 4.16. The summed E-state index contributed by atoms with van der Waals surface area (Å²) >= 11 is 0. The van der Waals surface area contributed by atoms with E-state index in [0.717, 1.165) is 6.67 Å². The van der Waals surface area contributed by atoms with Gasteiger partial charge in [0, 0.05) is 13.2 Å². The van der Waals surface area contributed by atoms with Crippen LogP contribution in [0.15, 0.2) is 60.5 Å². The van der Waals surface area contributed by atoms with Crippen LogP contribution in [0.5, 0.6) is 0 Å². The average molecular weight is 210 g/mol. The van der Waals surface area contributed by atoms with Crippen LogP contribution in [0, 0.1) is 0 Å². The molecule has 2 aliphatic rings. The van der Waals surface area contributed by atoms with Gasteiger partial charge in [-0.2, -0.15) is 0 Å².